The number of rotatable bonds is 0. The van der Waals surface area contributed by atoms with Crippen LogP contribution in [-0.2, 0) is 0 Å². The molecule has 0 radical (unpaired) electrons. The number of nitrogens with two attached hydrogens (primary N) is 2. The van der Waals surface area contributed by atoms with E-state index in [0.717, 1.165) is 0 Å². The third-order valence-corrected chi connectivity index (χ3v) is 4.67. The molecule has 0 spiro atoms. The highest BCUT2D eigenvalue weighted by Crippen LogP contribution is 2.43. The standard InChI is InChI=1S/C14H6Cl4N2O2/c15-3-1-5(17)11(19)9-7(3)13(21)8-4(16)2-6(18)12(20)10(8)14(9)22/h1-2H,19-20H2. The van der Waals surface area contributed by atoms with Gasteiger partial charge in [0, 0.05) is 0 Å². The van der Waals surface area contributed by atoms with Gasteiger partial charge in [0.2, 0.25) is 0 Å². The summed E-state index contributed by atoms with van der Waals surface area (Å²) in [5.41, 5.74) is 11.4. The van der Waals surface area contributed by atoms with E-state index in [-0.39, 0.29) is 53.7 Å². The number of benzene rings is 2. The Hall–Kier alpha value is -1.46. The molecular weight excluding hydrogens is 370 g/mol. The van der Waals surface area contributed by atoms with E-state index in [4.69, 9.17) is 57.9 Å². The van der Waals surface area contributed by atoms with Crippen LogP contribution in [0.3, 0.4) is 0 Å². The molecule has 4 nitrogen and oxygen atoms in total. The zero-order valence-electron chi connectivity index (χ0n) is 10.6. The van der Waals surface area contributed by atoms with Crippen molar-refractivity contribution in [3.8, 4) is 0 Å². The van der Waals surface area contributed by atoms with Gasteiger partial charge in [0.05, 0.1) is 53.7 Å². The Labute approximate surface area is 144 Å². The maximum Gasteiger partial charge on any atom is 0.198 e. The first-order valence-electron chi connectivity index (χ1n) is 5.90. The maximum absolute atomic E-state index is 12.8. The van der Waals surface area contributed by atoms with Crippen LogP contribution in [0.25, 0.3) is 0 Å². The Morgan fingerprint density at radius 3 is 1.27 bits per heavy atom. The van der Waals surface area contributed by atoms with E-state index in [0.29, 0.717) is 0 Å². The molecule has 0 aliphatic heterocycles. The average molecular weight is 376 g/mol. The van der Waals surface area contributed by atoms with Crippen LogP contribution >= 0.6 is 46.4 Å². The largest absolute Gasteiger partial charge is 0.397 e. The number of carbonyl (C=O) groups is 2. The van der Waals surface area contributed by atoms with Crippen LogP contribution in [-0.4, -0.2) is 11.6 Å². The van der Waals surface area contributed by atoms with E-state index < -0.39 is 11.6 Å². The van der Waals surface area contributed by atoms with E-state index in [9.17, 15) is 9.59 Å². The van der Waals surface area contributed by atoms with Crippen molar-refractivity contribution in [3.63, 3.8) is 0 Å². The fraction of sp³-hybridized carbons (Fsp3) is 0. The Morgan fingerprint density at radius 1 is 0.591 bits per heavy atom. The fourth-order valence-electron chi connectivity index (χ4n) is 2.44. The first kappa shape index (κ1) is 15.4. The molecule has 0 unspecified atom stereocenters. The van der Waals surface area contributed by atoms with Crippen molar-refractivity contribution >= 4 is 69.3 Å². The quantitative estimate of drug-likeness (QED) is 0.575. The average Bonchev–Trinajstić information content (AvgIpc) is 2.44. The van der Waals surface area contributed by atoms with Crippen molar-refractivity contribution in [3.05, 3.63) is 54.5 Å². The second-order valence-electron chi connectivity index (χ2n) is 4.67. The highest BCUT2D eigenvalue weighted by molar-refractivity contribution is 6.47. The molecule has 2 aromatic carbocycles. The second-order valence-corrected chi connectivity index (χ2v) is 6.29. The molecule has 22 heavy (non-hydrogen) atoms. The van der Waals surface area contributed by atoms with Gasteiger partial charge in [-0.25, -0.2) is 0 Å². The molecule has 4 N–H and O–H groups in total. The third kappa shape index (κ3) is 1.92. The summed E-state index contributed by atoms with van der Waals surface area (Å²) in [6.45, 7) is 0. The maximum atomic E-state index is 12.8. The van der Waals surface area contributed by atoms with Gasteiger partial charge in [-0.2, -0.15) is 0 Å². The molecule has 1 aliphatic carbocycles. The fourth-order valence-corrected chi connectivity index (χ4v) is 3.53. The Morgan fingerprint density at radius 2 is 0.909 bits per heavy atom. The van der Waals surface area contributed by atoms with Gasteiger partial charge in [-0.15, -0.1) is 0 Å². The molecule has 112 valence electrons. The van der Waals surface area contributed by atoms with Gasteiger partial charge in [-0.1, -0.05) is 46.4 Å². The molecule has 8 heteroatoms. The topological polar surface area (TPSA) is 86.2 Å². The van der Waals surface area contributed by atoms with E-state index in [1.807, 2.05) is 0 Å². The summed E-state index contributed by atoms with van der Waals surface area (Å²) in [6.07, 6.45) is 0. The molecular formula is C14H6Cl4N2O2. The Kier molecular flexibility index (Phi) is 3.53. The van der Waals surface area contributed by atoms with Gasteiger partial charge in [0.25, 0.3) is 0 Å². The molecule has 2 aromatic rings. The van der Waals surface area contributed by atoms with Crippen molar-refractivity contribution in [2.45, 2.75) is 0 Å². The minimum atomic E-state index is -0.589. The zero-order valence-corrected chi connectivity index (χ0v) is 13.7. The first-order chi connectivity index (χ1) is 10.3. The van der Waals surface area contributed by atoms with Crippen molar-refractivity contribution in [1.29, 1.82) is 0 Å². The minimum absolute atomic E-state index is 0.0165. The van der Waals surface area contributed by atoms with Crippen molar-refractivity contribution < 1.29 is 9.59 Å². The number of fused-ring (bicyclic) bond motifs is 2. The summed E-state index contributed by atoms with van der Waals surface area (Å²) in [4.78, 5) is 25.5. The van der Waals surface area contributed by atoms with Gasteiger partial charge in [0.15, 0.2) is 11.6 Å². The lowest BCUT2D eigenvalue weighted by Gasteiger charge is -2.23. The molecule has 0 atom stereocenters. The van der Waals surface area contributed by atoms with Crippen molar-refractivity contribution in [2.75, 3.05) is 11.5 Å². The lowest BCUT2D eigenvalue weighted by atomic mass is 9.82. The van der Waals surface area contributed by atoms with Crippen LogP contribution in [0.2, 0.25) is 20.1 Å². The molecule has 3 rings (SSSR count). The number of hydrogen-bond acceptors (Lipinski definition) is 4. The van der Waals surface area contributed by atoms with Crippen LogP contribution in [0.15, 0.2) is 12.1 Å². The number of anilines is 2. The highest BCUT2D eigenvalue weighted by Gasteiger charge is 2.37. The molecule has 0 saturated heterocycles. The van der Waals surface area contributed by atoms with Gasteiger partial charge in [0.1, 0.15) is 0 Å². The van der Waals surface area contributed by atoms with Crippen LogP contribution in [0.5, 0.6) is 0 Å². The molecule has 0 saturated carbocycles. The summed E-state index contributed by atoms with van der Waals surface area (Å²) in [7, 11) is 0. The van der Waals surface area contributed by atoms with Gasteiger partial charge < -0.3 is 11.5 Å². The van der Waals surface area contributed by atoms with Crippen LogP contribution in [0.1, 0.15) is 31.8 Å². The number of hydrogen-bond donors (Lipinski definition) is 2. The molecule has 0 bridgehead atoms. The van der Waals surface area contributed by atoms with E-state index in [1.54, 1.807) is 0 Å². The summed E-state index contributed by atoms with van der Waals surface area (Å²) >= 11 is 24.0. The summed E-state index contributed by atoms with van der Waals surface area (Å²) < 4.78 is 0. The van der Waals surface area contributed by atoms with Crippen LogP contribution < -0.4 is 11.5 Å². The van der Waals surface area contributed by atoms with Crippen LogP contribution in [0.4, 0.5) is 11.4 Å². The van der Waals surface area contributed by atoms with Crippen LogP contribution in [0, 0.1) is 0 Å². The number of carbonyl (C=O) groups excluding carboxylic acids is 2. The Bertz CT molecular complexity index is 824. The first-order valence-corrected chi connectivity index (χ1v) is 7.41. The lowest BCUT2D eigenvalue weighted by molar-refractivity contribution is 0.0980. The van der Waals surface area contributed by atoms with Crippen molar-refractivity contribution in [1.82, 2.24) is 0 Å². The van der Waals surface area contributed by atoms with E-state index in [1.165, 1.54) is 12.1 Å². The number of halogens is 4. The van der Waals surface area contributed by atoms with E-state index >= 15 is 0 Å². The molecule has 0 aromatic heterocycles. The van der Waals surface area contributed by atoms with Gasteiger partial charge >= 0.3 is 0 Å². The highest BCUT2D eigenvalue weighted by atomic mass is 35.5. The Balaban J connectivity index is 2.49. The predicted octanol–water partition coefficient (Wildman–Crippen LogP) is 4.24. The second kappa shape index (κ2) is 5.03. The van der Waals surface area contributed by atoms with Gasteiger partial charge in [-0.05, 0) is 12.1 Å². The smallest absolute Gasteiger partial charge is 0.198 e. The normalized spacial score (nSPS) is 13.1. The van der Waals surface area contributed by atoms with Crippen molar-refractivity contribution in [2.24, 2.45) is 0 Å². The zero-order chi connectivity index (χ0) is 16.3. The predicted molar refractivity (Wildman–Crippen MR) is 88.6 cm³/mol. The monoisotopic (exact) mass is 374 g/mol. The number of ketones is 2. The van der Waals surface area contributed by atoms with Gasteiger partial charge in [-0.3, -0.25) is 9.59 Å². The summed E-state index contributed by atoms with van der Waals surface area (Å²) in [5, 5.41) is 0.172. The lowest BCUT2D eigenvalue weighted by Crippen LogP contribution is -2.25. The summed E-state index contributed by atoms with van der Waals surface area (Å²) in [6, 6.07) is 2.61. The van der Waals surface area contributed by atoms with E-state index in [2.05, 4.69) is 0 Å². The summed E-state index contributed by atoms with van der Waals surface area (Å²) in [5.74, 6) is -1.14. The number of nitrogen functional groups attached to an aromatic ring is 2. The molecule has 0 fully saturated rings. The molecule has 1 aliphatic rings. The molecule has 0 amide bonds. The SMILES string of the molecule is Nc1c(Cl)cc(Cl)c2c1C(=O)c1c(N)c(Cl)cc(Cl)c1C2=O. The molecule has 0 heterocycles. The minimum Gasteiger partial charge on any atom is -0.397 e. The third-order valence-electron chi connectivity index (χ3n) is 3.45.